The fourth-order valence-corrected chi connectivity index (χ4v) is 3.35. The number of carbonyl (C=O) groups is 1. The zero-order valence-electron chi connectivity index (χ0n) is 14.1. The maximum atomic E-state index is 12.2. The van der Waals surface area contributed by atoms with Crippen molar-refractivity contribution in [2.45, 2.75) is 45.2 Å². The second kappa shape index (κ2) is 8.44. The van der Waals surface area contributed by atoms with Crippen molar-refractivity contribution in [1.82, 2.24) is 10.2 Å². The molecule has 1 aliphatic rings. The van der Waals surface area contributed by atoms with Crippen molar-refractivity contribution in [3.8, 4) is 0 Å². The van der Waals surface area contributed by atoms with Gasteiger partial charge >= 0.3 is 0 Å². The minimum atomic E-state index is -0.447. The molecule has 2 unspecified atom stereocenters. The maximum Gasteiger partial charge on any atom is 0.269 e. The Bertz CT molecular complexity index is 609. The first-order chi connectivity index (χ1) is 11.4. The first kappa shape index (κ1) is 18.7. The van der Waals surface area contributed by atoms with Gasteiger partial charge in [0.2, 0.25) is 5.91 Å². The van der Waals surface area contributed by atoms with E-state index in [1.807, 2.05) is 4.90 Å². The maximum absolute atomic E-state index is 12.2. The third kappa shape index (κ3) is 5.18. The molecule has 1 fully saturated rings. The van der Waals surface area contributed by atoms with Gasteiger partial charge in [-0.3, -0.25) is 19.8 Å². The van der Waals surface area contributed by atoms with Crippen LogP contribution in [-0.2, 0) is 11.3 Å². The van der Waals surface area contributed by atoms with Crippen LogP contribution in [0.5, 0.6) is 0 Å². The van der Waals surface area contributed by atoms with Gasteiger partial charge in [0, 0.05) is 29.7 Å². The number of amides is 1. The Labute approximate surface area is 147 Å². The molecule has 0 bridgehead atoms. The summed E-state index contributed by atoms with van der Waals surface area (Å²) in [6, 6.07) is 4.61. The summed E-state index contributed by atoms with van der Waals surface area (Å²) in [5.41, 5.74) is 0.649. The molecule has 1 aromatic rings. The van der Waals surface area contributed by atoms with Crippen molar-refractivity contribution in [3.05, 3.63) is 38.9 Å². The highest BCUT2D eigenvalue weighted by Gasteiger charge is 2.23. The third-order valence-corrected chi connectivity index (χ3v) is 4.92. The molecule has 1 amide bonds. The van der Waals surface area contributed by atoms with Crippen molar-refractivity contribution in [1.29, 1.82) is 0 Å². The van der Waals surface area contributed by atoms with Crippen molar-refractivity contribution in [2.24, 2.45) is 5.92 Å². The molecule has 0 saturated heterocycles. The summed E-state index contributed by atoms with van der Waals surface area (Å²) >= 11 is 6.11. The van der Waals surface area contributed by atoms with Crippen molar-refractivity contribution < 1.29 is 9.72 Å². The number of rotatable bonds is 6. The van der Waals surface area contributed by atoms with Gasteiger partial charge in [-0.05, 0) is 37.4 Å². The Morgan fingerprint density at radius 3 is 2.79 bits per heavy atom. The second-order valence-corrected chi connectivity index (χ2v) is 7.05. The predicted molar refractivity (Wildman–Crippen MR) is 94.0 cm³/mol. The van der Waals surface area contributed by atoms with Crippen molar-refractivity contribution in [2.75, 3.05) is 13.6 Å². The smallest absolute Gasteiger partial charge is 0.269 e. The average Bonchev–Trinajstić information content (AvgIpc) is 2.51. The molecule has 0 aliphatic heterocycles. The van der Waals surface area contributed by atoms with Crippen LogP contribution in [0.15, 0.2) is 18.2 Å². The van der Waals surface area contributed by atoms with E-state index in [4.69, 9.17) is 11.6 Å². The van der Waals surface area contributed by atoms with Gasteiger partial charge < -0.3 is 5.32 Å². The molecule has 24 heavy (non-hydrogen) atoms. The minimum absolute atomic E-state index is 0.00304. The Morgan fingerprint density at radius 2 is 2.12 bits per heavy atom. The fourth-order valence-electron chi connectivity index (χ4n) is 3.17. The molecule has 2 atom stereocenters. The number of nitro groups is 1. The summed E-state index contributed by atoms with van der Waals surface area (Å²) in [6.45, 7) is 2.80. The summed E-state index contributed by atoms with van der Waals surface area (Å²) in [7, 11) is 1.80. The number of nitrogens with zero attached hydrogens (tertiary/aromatic N) is 2. The Hall–Kier alpha value is -1.66. The molecule has 1 aliphatic carbocycles. The first-order valence-electron chi connectivity index (χ1n) is 8.27. The summed E-state index contributed by atoms with van der Waals surface area (Å²) in [4.78, 5) is 24.5. The van der Waals surface area contributed by atoms with E-state index >= 15 is 0 Å². The van der Waals surface area contributed by atoms with E-state index in [9.17, 15) is 14.9 Å². The summed E-state index contributed by atoms with van der Waals surface area (Å²) < 4.78 is 0. The van der Waals surface area contributed by atoms with Crippen LogP contribution in [0, 0.1) is 16.0 Å². The topological polar surface area (TPSA) is 75.5 Å². The molecule has 2 rings (SSSR count). The van der Waals surface area contributed by atoms with E-state index in [2.05, 4.69) is 12.2 Å². The number of nitro benzene ring substituents is 1. The van der Waals surface area contributed by atoms with Crippen LogP contribution in [0.1, 0.15) is 38.2 Å². The normalized spacial score (nSPS) is 20.8. The highest BCUT2D eigenvalue weighted by atomic mass is 35.5. The van der Waals surface area contributed by atoms with Crippen molar-refractivity contribution >= 4 is 23.2 Å². The van der Waals surface area contributed by atoms with Crippen LogP contribution >= 0.6 is 11.6 Å². The highest BCUT2D eigenvalue weighted by molar-refractivity contribution is 6.31. The fraction of sp³-hybridized carbons (Fsp3) is 0.588. The number of benzene rings is 1. The van der Waals surface area contributed by atoms with Crippen LogP contribution in [0.2, 0.25) is 5.02 Å². The molecular weight excluding hydrogens is 330 g/mol. The van der Waals surface area contributed by atoms with Gasteiger partial charge in [0.25, 0.3) is 5.69 Å². The van der Waals surface area contributed by atoms with E-state index in [-0.39, 0.29) is 24.2 Å². The molecule has 0 heterocycles. The van der Waals surface area contributed by atoms with E-state index in [1.54, 1.807) is 7.05 Å². The van der Waals surface area contributed by atoms with Crippen molar-refractivity contribution in [3.63, 3.8) is 0 Å². The van der Waals surface area contributed by atoms with Gasteiger partial charge in [-0.25, -0.2) is 0 Å². The molecule has 0 aromatic heterocycles. The summed E-state index contributed by atoms with van der Waals surface area (Å²) in [5.74, 6) is 0.497. The molecule has 6 nitrogen and oxygen atoms in total. The average molecular weight is 354 g/mol. The number of nitrogens with one attached hydrogen (secondary N) is 1. The molecular formula is C17H24ClN3O3. The van der Waals surface area contributed by atoms with Gasteiger partial charge in [0.1, 0.15) is 0 Å². The summed E-state index contributed by atoms with van der Waals surface area (Å²) in [5, 5.41) is 14.4. The molecule has 132 valence electrons. The number of non-ortho nitro benzene ring substituents is 1. The van der Waals surface area contributed by atoms with Gasteiger partial charge in [-0.1, -0.05) is 31.4 Å². The SMILES string of the molecule is CC1CCCCC1NC(=O)CN(C)Cc1cc([N+](=O)[O-])ccc1Cl. The van der Waals surface area contributed by atoms with E-state index < -0.39 is 4.92 Å². The molecule has 7 heteroatoms. The Balaban J connectivity index is 1.90. The number of carbonyl (C=O) groups excluding carboxylic acids is 1. The Kier molecular flexibility index (Phi) is 6.57. The number of hydrogen-bond donors (Lipinski definition) is 1. The van der Waals surface area contributed by atoms with E-state index in [0.717, 1.165) is 19.3 Å². The van der Waals surface area contributed by atoms with Gasteiger partial charge in [-0.15, -0.1) is 0 Å². The van der Waals surface area contributed by atoms with Crippen LogP contribution < -0.4 is 5.32 Å². The predicted octanol–water partition coefficient (Wildman–Crippen LogP) is 3.37. The zero-order valence-corrected chi connectivity index (χ0v) is 14.9. The van der Waals surface area contributed by atoms with Gasteiger partial charge in [0.15, 0.2) is 0 Å². The quantitative estimate of drug-likeness (QED) is 0.628. The standard InChI is InChI=1S/C17H24ClN3O3/c1-12-5-3-4-6-16(12)19-17(22)11-20(2)10-13-9-14(21(23)24)7-8-15(13)18/h7-9,12,16H,3-6,10-11H2,1-2H3,(H,19,22). The molecule has 1 aromatic carbocycles. The lowest BCUT2D eigenvalue weighted by Crippen LogP contribution is -2.44. The monoisotopic (exact) mass is 353 g/mol. The molecule has 0 spiro atoms. The number of likely N-dealkylation sites (N-methyl/N-ethyl adjacent to an activating group) is 1. The van der Waals surface area contributed by atoms with Crippen LogP contribution in [0.4, 0.5) is 5.69 Å². The molecule has 0 radical (unpaired) electrons. The summed E-state index contributed by atoms with van der Waals surface area (Å²) in [6.07, 6.45) is 4.59. The number of halogens is 1. The molecule has 1 N–H and O–H groups in total. The van der Waals surface area contributed by atoms with Gasteiger partial charge in [-0.2, -0.15) is 0 Å². The van der Waals surface area contributed by atoms with E-state index in [0.29, 0.717) is 23.0 Å². The minimum Gasteiger partial charge on any atom is -0.352 e. The van der Waals surface area contributed by atoms with Crippen LogP contribution in [0.3, 0.4) is 0 Å². The molecule has 1 saturated carbocycles. The number of hydrogen-bond acceptors (Lipinski definition) is 4. The lowest BCUT2D eigenvalue weighted by molar-refractivity contribution is -0.384. The lowest BCUT2D eigenvalue weighted by Gasteiger charge is -2.30. The lowest BCUT2D eigenvalue weighted by atomic mass is 9.86. The largest absolute Gasteiger partial charge is 0.352 e. The van der Waals surface area contributed by atoms with E-state index in [1.165, 1.54) is 24.6 Å². The second-order valence-electron chi connectivity index (χ2n) is 6.64. The first-order valence-corrected chi connectivity index (χ1v) is 8.65. The van der Waals surface area contributed by atoms with Crippen LogP contribution in [0.25, 0.3) is 0 Å². The third-order valence-electron chi connectivity index (χ3n) is 4.55. The highest BCUT2D eigenvalue weighted by Crippen LogP contribution is 2.24. The Morgan fingerprint density at radius 1 is 1.42 bits per heavy atom. The van der Waals surface area contributed by atoms with Crippen LogP contribution in [-0.4, -0.2) is 35.4 Å². The van der Waals surface area contributed by atoms with Gasteiger partial charge in [0.05, 0.1) is 11.5 Å². The zero-order chi connectivity index (χ0) is 17.7.